The van der Waals surface area contributed by atoms with Crippen LogP contribution in [0.5, 0.6) is 0 Å². The van der Waals surface area contributed by atoms with E-state index in [1.807, 2.05) is 0 Å². The number of carbonyl (C=O) groups is 11. The molecule has 0 fully saturated rings. The van der Waals surface area contributed by atoms with Crippen LogP contribution in [0.1, 0.15) is 167 Å². The summed E-state index contributed by atoms with van der Waals surface area (Å²) < 4.78 is 21.2. The Morgan fingerprint density at radius 3 is 1.10 bits per heavy atom. The van der Waals surface area contributed by atoms with E-state index in [-0.39, 0.29) is 128 Å². The average Bonchev–Trinajstić information content (AvgIpc) is 3.39. The molecule has 0 aromatic heterocycles. The number of ether oxygens (including phenoxy) is 4. The van der Waals surface area contributed by atoms with Gasteiger partial charge in [0.05, 0.1) is 45.7 Å². The zero-order valence-corrected chi connectivity index (χ0v) is 46.7. The minimum atomic E-state index is -1.51. The van der Waals surface area contributed by atoms with Crippen LogP contribution in [-0.4, -0.2) is 189 Å². The molecule has 6 amide bonds. The fourth-order valence-electron chi connectivity index (χ4n) is 7.83. The number of aliphatic carboxylic acids is 4. The number of hydrogen-bond acceptors (Lipinski definition) is 16. The summed E-state index contributed by atoms with van der Waals surface area (Å²) in [6.07, 6.45) is 15.6. The summed E-state index contributed by atoms with van der Waals surface area (Å²) in [6.45, 7) is 1.86. The van der Waals surface area contributed by atoms with E-state index in [0.717, 1.165) is 64.2 Å². The first-order valence-electron chi connectivity index (χ1n) is 27.9. The molecule has 0 aromatic rings. The number of amides is 6. The fraction of sp³-hybridized carbons (Fsp3) is 0.792. The Labute approximate surface area is 464 Å². The molecule has 0 saturated heterocycles. The number of ketones is 1. The predicted molar refractivity (Wildman–Crippen MR) is 288 cm³/mol. The summed E-state index contributed by atoms with van der Waals surface area (Å²) in [5.74, 6) is -8.01. The van der Waals surface area contributed by atoms with Gasteiger partial charge in [0.25, 0.3) is 0 Å². The van der Waals surface area contributed by atoms with Crippen molar-refractivity contribution in [3.05, 3.63) is 0 Å². The Bertz CT molecular complexity index is 1790. The van der Waals surface area contributed by atoms with Crippen molar-refractivity contribution in [3.63, 3.8) is 0 Å². The lowest BCUT2D eigenvalue weighted by molar-refractivity contribution is -0.144. The minimum Gasteiger partial charge on any atom is -0.481 e. The standard InChI is InChI=1S/C53H93N7O19/c1-39(61)40(54-2)19-17-18-28-55-48(66)37-78-35-33-76-31-29-57-45(63)26-23-42(52(72)73)59-47(65)27-24-43(53(74)75)60-49(67)38-79-36-34-77-32-30-56-44(62)25-22-41(51(70)71)58-46(64)20-15-13-11-9-7-5-3-4-6-8-10-12-14-16-21-50(68)69/h40-43,54H,3-38H2,1-2H3,(H,55,66)(H,56,62)(H,57,63)(H,58,64)(H,59,65)(H,60,67)(H,68,69)(H,70,71)(H,72,73)(H,74,75)/t40-,41-,42+,43-/m1/s1. The second-order valence-corrected chi connectivity index (χ2v) is 19.2. The number of nitrogens with one attached hydrogen (secondary N) is 7. The highest BCUT2D eigenvalue weighted by molar-refractivity contribution is 5.87. The molecule has 26 nitrogen and oxygen atoms in total. The van der Waals surface area contributed by atoms with Gasteiger partial charge >= 0.3 is 23.9 Å². The van der Waals surface area contributed by atoms with Gasteiger partial charge in [0.15, 0.2) is 0 Å². The van der Waals surface area contributed by atoms with Crippen LogP contribution in [0.15, 0.2) is 0 Å². The SMILES string of the molecule is CN[C@H](CCCCNC(=O)COCCOCCNC(=O)CC[C@H](NC(=O)CC[C@@H](NC(=O)COCCOCCNC(=O)CC[C@@H](NC(=O)CCCCCCCCCCCCCCCCC(=O)O)C(=O)O)C(=O)O)C(=O)O)C(C)=O. The highest BCUT2D eigenvalue weighted by Gasteiger charge is 2.25. The first kappa shape index (κ1) is 73.2. The average molecular weight is 1130 g/mol. The van der Waals surface area contributed by atoms with Crippen LogP contribution in [0.25, 0.3) is 0 Å². The number of carboxylic acid groups (broad SMARTS) is 4. The molecule has 79 heavy (non-hydrogen) atoms. The third-order valence-electron chi connectivity index (χ3n) is 12.4. The quantitative estimate of drug-likeness (QED) is 0.0389. The molecule has 11 N–H and O–H groups in total. The largest absolute Gasteiger partial charge is 0.481 e. The van der Waals surface area contributed by atoms with Crippen LogP contribution < -0.4 is 37.2 Å². The number of carbonyl (C=O) groups excluding carboxylic acids is 7. The number of unbranched alkanes of at least 4 members (excludes halogenated alkanes) is 14. The highest BCUT2D eigenvalue weighted by atomic mass is 16.5. The molecular formula is C53H93N7O19. The normalized spacial score (nSPS) is 12.5. The molecule has 0 unspecified atom stereocenters. The van der Waals surface area contributed by atoms with Gasteiger partial charge in [-0.2, -0.15) is 0 Å². The number of hydrogen-bond donors (Lipinski definition) is 11. The minimum absolute atomic E-state index is 0.00699. The molecule has 0 aliphatic rings. The van der Waals surface area contributed by atoms with Crippen molar-refractivity contribution in [2.24, 2.45) is 0 Å². The monoisotopic (exact) mass is 1130 g/mol. The summed E-state index contributed by atoms with van der Waals surface area (Å²) in [5, 5.41) is 55.2. The van der Waals surface area contributed by atoms with Crippen molar-refractivity contribution in [2.75, 3.05) is 79.5 Å². The molecule has 26 heteroatoms. The molecule has 0 aliphatic carbocycles. The van der Waals surface area contributed by atoms with E-state index < -0.39 is 78.7 Å². The van der Waals surface area contributed by atoms with E-state index in [1.54, 1.807) is 7.05 Å². The maximum atomic E-state index is 12.5. The van der Waals surface area contributed by atoms with Gasteiger partial charge in [0, 0.05) is 51.7 Å². The maximum absolute atomic E-state index is 12.5. The first-order valence-corrected chi connectivity index (χ1v) is 27.9. The van der Waals surface area contributed by atoms with Crippen molar-refractivity contribution in [1.29, 1.82) is 0 Å². The number of rotatable bonds is 55. The second-order valence-electron chi connectivity index (χ2n) is 19.2. The van der Waals surface area contributed by atoms with Gasteiger partial charge in [0.1, 0.15) is 37.1 Å². The van der Waals surface area contributed by atoms with E-state index in [0.29, 0.717) is 19.4 Å². The van der Waals surface area contributed by atoms with Gasteiger partial charge in [-0.05, 0) is 65.3 Å². The zero-order valence-electron chi connectivity index (χ0n) is 46.7. The van der Waals surface area contributed by atoms with Crippen molar-refractivity contribution < 1.29 is 92.1 Å². The van der Waals surface area contributed by atoms with Gasteiger partial charge in [-0.1, -0.05) is 77.0 Å². The summed E-state index contributed by atoms with van der Waals surface area (Å²) in [6, 6.07) is -4.37. The highest BCUT2D eigenvalue weighted by Crippen LogP contribution is 2.14. The molecule has 0 spiro atoms. The van der Waals surface area contributed by atoms with Crippen LogP contribution in [0.2, 0.25) is 0 Å². The van der Waals surface area contributed by atoms with Crippen LogP contribution in [0.4, 0.5) is 0 Å². The Hall–Kier alpha value is -5.83. The summed E-state index contributed by atoms with van der Waals surface area (Å²) in [4.78, 5) is 131. The molecule has 0 bridgehead atoms. The third-order valence-corrected chi connectivity index (χ3v) is 12.4. The van der Waals surface area contributed by atoms with Crippen molar-refractivity contribution in [2.45, 2.75) is 192 Å². The predicted octanol–water partition coefficient (Wildman–Crippen LogP) is 2.12. The number of carboxylic acids is 4. The van der Waals surface area contributed by atoms with E-state index in [1.165, 1.54) is 39.0 Å². The van der Waals surface area contributed by atoms with E-state index in [4.69, 9.17) is 24.1 Å². The van der Waals surface area contributed by atoms with Crippen LogP contribution in [-0.2, 0) is 71.7 Å². The van der Waals surface area contributed by atoms with Gasteiger partial charge < -0.3 is 76.6 Å². The summed E-state index contributed by atoms with van der Waals surface area (Å²) in [7, 11) is 1.73. The molecule has 0 radical (unpaired) electrons. The lowest BCUT2D eigenvalue weighted by Crippen LogP contribution is -2.45. The fourth-order valence-corrected chi connectivity index (χ4v) is 7.83. The number of likely N-dealkylation sites (N-methyl/N-ethyl adjacent to an activating group) is 1. The molecule has 0 aromatic carbocycles. The molecular weight excluding hydrogens is 1040 g/mol. The van der Waals surface area contributed by atoms with Crippen molar-refractivity contribution in [1.82, 2.24) is 37.2 Å². The van der Waals surface area contributed by atoms with Gasteiger partial charge in [-0.3, -0.25) is 38.4 Å². The Morgan fingerprint density at radius 2 is 0.696 bits per heavy atom. The lowest BCUT2D eigenvalue weighted by atomic mass is 10.0. The van der Waals surface area contributed by atoms with E-state index in [2.05, 4.69) is 37.2 Å². The topological polar surface area (TPSA) is 390 Å². The van der Waals surface area contributed by atoms with Crippen molar-refractivity contribution in [3.8, 4) is 0 Å². The first-order chi connectivity index (χ1) is 37.9. The summed E-state index contributed by atoms with van der Waals surface area (Å²) in [5.41, 5.74) is 0. The molecule has 0 heterocycles. The molecule has 0 saturated carbocycles. The van der Waals surface area contributed by atoms with E-state index in [9.17, 15) is 68.1 Å². The third kappa shape index (κ3) is 45.7. The molecule has 4 atom stereocenters. The Kier molecular flexibility index (Phi) is 45.6. The van der Waals surface area contributed by atoms with Gasteiger partial charge in [-0.25, -0.2) is 14.4 Å². The maximum Gasteiger partial charge on any atom is 0.326 e. The lowest BCUT2D eigenvalue weighted by Gasteiger charge is -2.17. The smallest absolute Gasteiger partial charge is 0.326 e. The van der Waals surface area contributed by atoms with Gasteiger partial charge in [0.2, 0.25) is 35.4 Å². The number of Topliss-reactive ketones (excluding diaryl/α,β-unsaturated/α-hetero) is 1. The van der Waals surface area contributed by atoms with Crippen LogP contribution in [0, 0.1) is 0 Å². The van der Waals surface area contributed by atoms with Crippen LogP contribution in [0.3, 0.4) is 0 Å². The Balaban J connectivity index is 4.11. The van der Waals surface area contributed by atoms with Gasteiger partial charge in [-0.15, -0.1) is 0 Å². The molecule has 0 aliphatic heterocycles. The molecule has 454 valence electrons. The van der Waals surface area contributed by atoms with E-state index >= 15 is 0 Å². The zero-order chi connectivity index (χ0) is 58.9. The van der Waals surface area contributed by atoms with Crippen LogP contribution >= 0.6 is 0 Å². The Morgan fingerprint density at radius 1 is 0.342 bits per heavy atom. The summed E-state index contributed by atoms with van der Waals surface area (Å²) >= 11 is 0. The second kappa shape index (κ2) is 49.2. The van der Waals surface area contributed by atoms with Crippen molar-refractivity contribution >= 4 is 65.1 Å². The molecule has 0 rings (SSSR count).